The quantitative estimate of drug-likeness (QED) is 0.178. The summed E-state index contributed by atoms with van der Waals surface area (Å²) in [5.74, 6) is -2.39. The lowest BCUT2D eigenvalue weighted by Crippen LogP contribution is -2.53. The molecular weight excluding hydrogens is 484 g/mol. The van der Waals surface area contributed by atoms with Crippen LogP contribution >= 0.6 is 0 Å². The minimum Gasteiger partial charge on any atom is -0.473 e. The van der Waals surface area contributed by atoms with Gasteiger partial charge in [0.15, 0.2) is 6.23 Å². The number of nitrogens with one attached hydrogen (secondary N) is 1. The second-order valence-electron chi connectivity index (χ2n) is 9.89. The van der Waals surface area contributed by atoms with Crippen LogP contribution in [-0.2, 0) is 33.8 Å². The van der Waals surface area contributed by atoms with E-state index in [2.05, 4.69) is 67.3 Å². The molecule has 0 radical (unpaired) electrons. The van der Waals surface area contributed by atoms with Crippen molar-refractivity contribution in [2.24, 2.45) is 5.92 Å². The van der Waals surface area contributed by atoms with Gasteiger partial charge in [-0.15, -0.1) is 0 Å². The van der Waals surface area contributed by atoms with E-state index in [4.69, 9.17) is 9.84 Å². The molecule has 2 aromatic carbocycles. The molecule has 0 saturated carbocycles. The van der Waals surface area contributed by atoms with Gasteiger partial charge in [-0.05, 0) is 48.1 Å². The van der Waals surface area contributed by atoms with Crippen molar-refractivity contribution in [1.29, 1.82) is 0 Å². The molecule has 0 bridgehead atoms. The van der Waals surface area contributed by atoms with Gasteiger partial charge in [0.1, 0.15) is 12.7 Å². The molecule has 2 aromatic heterocycles. The minimum atomic E-state index is -1.58. The van der Waals surface area contributed by atoms with Crippen molar-refractivity contribution in [3.63, 3.8) is 0 Å². The number of benzene rings is 2. The summed E-state index contributed by atoms with van der Waals surface area (Å²) in [7, 11) is 0. The maximum absolute atomic E-state index is 11.8. The van der Waals surface area contributed by atoms with Crippen LogP contribution in [0.4, 0.5) is 0 Å². The van der Waals surface area contributed by atoms with Gasteiger partial charge in [0.05, 0.1) is 6.54 Å². The highest BCUT2D eigenvalue weighted by molar-refractivity contribution is 6.28. The molecule has 1 aliphatic rings. The number of ether oxygens (including phenoxy) is 1. The average molecular weight is 517 g/mol. The summed E-state index contributed by atoms with van der Waals surface area (Å²) >= 11 is 0. The summed E-state index contributed by atoms with van der Waals surface area (Å²) in [6, 6.07) is 16.7. The van der Waals surface area contributed by atoms with Crippen LogP contribution in [0.5, 0.6) is 0 Å². The Morgan fingerprint density at radius 1 is 1.16 bits per heavy atom. The van der Waals surface area contributed by atoms with Gasteiger partial charge in [0.2, 0.25) is 0 Å². The molecule has 10 nitrogen and oxygen atoms in total. The normalized spacial score (nSPS) is 15.0. The number of hydrogen-bond donors (Lipinski definition) is 2. The van der Waals surface area contributed by atoms with Gasteiger partial charge in [0, 0.05) is 49.8 Å². The van der Waals surface area contributed by atoms with Crippen LogP contribution < -0.4 is 0 Å². The predicted molar refractivity (Wildman–Crippen MR) is 141 cm³/mol. The summed E-state index contributed by atoms with van der Waals surface area (Å²) in [6.45, 7) is 6.53. The maximum atomic E-state index is 11.8. The fraction of sp³-hybridized carbons (Fsp3) is 0.357. The minimum absolute atomic E-state index is 0.418. The first-order chi connectivity index (χ1) is 18.4. The number of carbonyl (C=O) groups is 2. The number of carboxylic acids is 1. The molecule has 1 atom stereocenters. The van der Waals surface area contributed by atoms with E-state index in [-0.39, 0.29) is 0 Å². The lowest BCUT2D eigenvalue weighted by atomic mass is 9.98. The number of esters is 1. The first-order valence-electron chi connectivity index (χ1n) is 12.8. The van der Waals surface area contributed by atoms with Crippen molar-refractivity contribution in [2.45, 2.75) is 32.7 Å². The second kappa shape index (κ2) is 11.6. The topological polar surface area (TPSA) is 117 Å². The highest BCUT2D eigenvalue weighted by Crippen LogP contribution is 2.24. The molecule has 3 heterocycles. The van der Waals surface area contributed by atoms with E-state index in [9.17, 15) is 9.59 Å². The monoisotopic (exact) mass is 516 g/mol. The summed E-state index contributed by atoms with van der Waals surface area (Å²) < 4.78 is 7.04. The third kappa shape index (κ3) is 6.27. The third-order valence-electron chi connectivity index (χ3n) is 7.05. The number of likely N-dealkylation sites (tertiary alicyclic amines) is 1. The lowest BCUT2D eigenvalue weighted by Gasteiger charge is -2.42. The van der Waals surface area contributed by atoms with Crippen molar-refractivity contribution in [3.8, 4) is 0 Å². The van der Waals surface area contributed by atoms with Crippen molar-refractivity contribution in [3.05, 3.63) is 84.1 Å². The van der Waals surface area contributed by atoms with Crippen LogP contribution in [0.3, 0.4) is 0 Å². The van der Waals surface area contributed by atoms with E-state index in [0.717, 1.165) is 54.6 Å². The number of aliphatic carboxylic acids is 1. The Morgan fingerprint density at radius 2 is 1.97 bits per heavy atom. The van der Waals surface area contributed by atoms with Crippen LogP contribution in [0.1, 0.15) is 23.6 Å². The Kier molecular flexibility index (Phi) is 7.81. The highest BCUT2D eigenvalue weighted by atomic mass is 16.6. The molecule has 38 heavy (non-hydrogen) atoms. The van der Waals surface area contributed by atoms with Crippen LogP contribution in [0.25, 0.3) is 10.9 Å². The smallest absolute Gasteiger partial charge is 0.418 e. The summed E-state index contributed by atoms with van der Waals surface area (Å²) in [5, 5.41) is 14.4. The van der Waals surface area contributed by atoms with Crippen LogP contribution in [0.2, 0.25) is 0 Å². The fourth-order valence-corrected chi connectivity index (χ4v) is 5.09. The number of carbonyl (C=O) groups excluding carboxylic acids is 1. The Hall–Kier alpha value is -4.02. The molecule has 2 N–H and O–H groups in total. The van der Waals surface area contributed by atoms with E-state index >= 15 is 0 Å². The molecule has 1 fully saturated rings. The zero-order valence-electron chi connectivity index (χ0n) is 21.4. The molecule has 4 aromatic rings. The van der Waals surface area contributed by atoms with Gasteiger partial charge in [-0.2, -0.15) is 5.10 Å². The summed E-state index contributed by atoms with van der Waals surface area (Å²) in [6.07, 6.45) is 5.32. The van der Waals surface area contributed by atoms with E-state index < -0.39 is 18.2 Å². The zero-order valence-corrected chi connectivity index (χ0v) is 21.4. The van der Waals surface area contributed by atoms with E-state index in [1.54, 1.807) is 17.9 Å². The third-order valence-corrected chi connectivity index (χ3v) is 7.05. The molecule has 1 unspecified atom stereocenters. The number of H-pyrrole nitrogens is 1. The van der Waals surface area contributed by atoms with Gasteiger partial charge in [-0.25, -0.2) is 19.3 Å². The Morgan fingerprint density at radius 3 is 2.71 bits per heavy atom. The summed E-state index contributed by atoms with van der Waals surface area (Å²) in [5.41, 5.74) is 4.61. The molecule has 1 aliphatic heterocycles. The zero-order chi connectivity index (χ0) is 26.5. The Labute approximate surface area is 220 Å². The number of aromatic nitrogens is 4. The number of carboxylic acid groups (broad SMARTS) is 1. The van der Waals surface area contributed by atoms with Gasteiger partial charge in [0.25, 0.3) is 0 Å². The summed E-state index contributed by atoms with van der Waals surface area (Å²) in [4.78, 5) is 34.7. The molecular formula is C28H32N6O4. The lowest BCUT2D eigenvalue weighted by molar-refractivity contribution is -0.173. The van der Waals surface area contributed by atoms with Crippen LogP contribution in [0.15, 0.2) is 67.4 Å². The number of aromatic amines is 1. The van der Waals surface area contributed by atoms with Crippen LogP contribution in [0, 0.1) is 5.92 Å². The maximum Gasteiger partial charge on any atom is 0.418 e. The number of fused-ring (bicyclic) bond motifs is 1. The largest absolute Gasteiger partial charge is 0.473 e. The molecule has 1 saturated heterocycles. The van der Waals surface area contributed by atoms with Crippen molar-refractivity contribution in [1.82, 2.24) is 29.5 Å². The second-order valence-corrected chi connectivity index (χ2v) is 9.89. The highest BCUT2D eigenvalue weighted by Gasteiger charge is 2.31. The molecule has 10 heteroatoms. The average Bonchev–Trinajstić information content (AvgIpc) is 3.55. The molecule has 5 rings (SSSR count). The van der Waals surface area contributed by atoms with Gasteiger partial charge >= 0.3 is 11.9 Å². The number of hydrogen-bond acceptors (Lipinski definition) is 7. The first kappa shape index (κ1) is 25.6. The molecule has 0 amide bonds. The van der Waals surface area contributed by atoms with Crippen molar-refractivity contribution < 1.29 is 19.4 Å². The van der Waals surface area contributed by atoms with Gasteiger partial charge < -0.3 is 14.8 Å². The molecule has 0 aliphatic carbocycles. The van der Waals surface area contributed by atoms with E-state index in [1.165, 1.54) is 11.9 Å². The van der Waals surface area contributed by atoms with Gasteiger partial charge in [-0.3, -0.25) is 9.80 Å². The Balaban J connectivity index is 1.23. The van der Waals surface area contributed by atoms with Crippen molar-refractivity contribution in [2.75, 3.05) is 26.2 Å². The fourth-order valence-electron chi connectivity index (χ4n) is 5.09. The molecule has 198 valence electrons. The van der Waals surface area contributed by atoms with Gasteiger partial charge in [-0.1, -0.05) is 36.4 Å². The standard InChI is InChI=1S/C28H32N6O4/c1-20(38-28(37)27(35)36)33(16-23-14-32(15-23)13-21-5-3-2-4-6-21)10-9-24-12-30-26-8-7-22(11-25(24)26)17-34-19-29-18-31-34/h2-8,11-12,18-20,23,30H,9-10,13-17H2,1H3,(H,35,36). The van der Waals surface area contributed by atoms with E-state index in [0.29, 0.717) is 19.0 Å². The van der Waals surface area contributed by atoms with E-state index in [1.807, 2.05) is 12.3 Å². The van der Waals surface area contributed by atoms with Crippen molar-refractivity contribution >= 4 is 22.8 Å². The Bertz CT molecular complexity index is 1360. The number of rotatable bonds is 11. The molecule has 0 spiro atoms. The van der Waals surface area contributed by atoms with Crippen LogP contribution in [-0.4, -0.2) is 79.0 Å². The SMILES string of the molecule is CC(OC(=O)C(=O)O)N(CCc1c[nH]c2ccc(Cn3cncn3)cc12)CC1CN(Cc2ccccc2)C1. The first-order valence-corrected chi connectivity index (χ1v) is 12.8. The number of nitrogens with zero attached hydrogens (tertiary/aromatic N) is 5. The predicted octanol–water partition coefficient (Wildman–Crippen LogP) is 2.76.